The lowest BCUT2D eigenvalue weighted by atomic mass is 10.4. The molecule has 1 N–H and O–H groups in total. The summed E-state index contributed by atoms with van der Waals surface area (Å²) in [7, 11) is 3.51. The van der Waals surface area contributed by atoms with Gasteiger partial charge < -0.3 is 15.0 Å². The molecule has 0 aromatic carbocycles. The summed E-state index contributed by atoms with van der Waals surface area (Å²) in [6.07, 6.45) is 1.05. The summed E-state index contributed by atoms with van der Waals surface area (Å²) in [5.74, 6) is 0.932. The van der Waals surface area contributed by atoms with E-state index in [0.29, 0.717) is 38.4 Å². The molecule has 0 saturated carbocycles. The van der Waals surface area contributed by atoms with Gasteiger partial charge in [0, 0.05) is 39.2 Å². The summed E-state index contributed by atoms with van der Waals surface area (Å²) in [6, 6.07) is 0. The van der Waals surface area contributed by atoms with Crippen LogP contribution in [0.15, 0.2) is 0 Å². The molecule has 0 radical (unpaired) electrons. The highest BCUT2D eigenvalue weighted by atomic mass is 32.1. The first-order chi connectivity index (χ1) is 11.5. The highest BCUT2D eigenvalue weighted by Gasteiger charge is 1.97. The van der Waals surface area contributed by atoms with E-state index in [1.165, 1.54) is 0 Å². The number of rotatable bonds is 7. The van der Waals surface area contributed by atoms with E-state index in [1.54, 1.807) is 19.0 Å². The van der Waals surface area contributed by atoms with Crippen LogP contribution in [0.4, 0.5) is 0 Å². The Hall–Kier alpha value is -0.750. The van der Waals surface area contributed by atoms with Crippen molar-refractivity contribution in [1.29, 1.82) is 0 Å². The smallest absolute Gasteiger partial charge is 0.222 e. The second kappa shape index (κ2) is 38.0. The number of amides is 2. The second-order valence-corrected chi connectivity index (χ2v) is 4.13. The summed E-state index contributed by atoms with van der Waals surface area (Å²) in [6.45, 7) is 17.5. The monoisotopic (exact) mass is 368 g/mol. The Morgan fingerprint density at radius 1 is 0.958 bits per heavy atom. The Morgan fingerprint density at radius 3 is 1.67 bits per heavy atom. The quantitative estimate of drug-likeness (QED) is 0.527. The van der Waals surface area contributed by atoms with Crippen molar-refractivity contribution in [2.75, 3.05) is 39.6 Å². The maximum absolute atomic E-state index is 10.8. The first-order valence-electron chi connectivity index (χ1n) is 9.14. The second-order valence-electron chi connectivity index (χ2n) is 3.68. The maximum atomic E-state index is 10.8. The zero-order chi connectivity index (χ0) is 20.4. The molecule has 0 aromatic heterocycles. The third kappa shape index (κ3) is 42.9. The molecule has 0 aliphatic rings. The third-order valence-corrected chi connectivity index (χ3v) is 2.07. The van der Waals surface area contributed by atoms with Gasteiger partial charge in [-0.1, -0.05) is 48.5 Å². The van der Waals surface area contributed by atoms with Crippen molar-refractivity contribution in [2.45, 2.75) is 68.2 Å². The number of hydrogen-bond donors (Lipinski definition) is 2. The molecule has 0 saturated heterocycles. The topological polar surface area (TPSA) is 58.6 Å². The van der Waals surface area contributed by atoms with Crippen LogP contribution in [0.2, 0.25) is 0 Å². The zero-order valence-electron chi connectivity index (χ0n) is 17.9. The number of carbonyl (C=O) groups is 2. The van der Waals surface area contributed by atoms with Gasteiger partial charge in [0.2, 0.25) is 11.8 Å². The molecule has 0 rings (SSSR count). The number of hydrogen-bond acceptors (Lipinski definition) is 4. The van der Waals surface area contributed by atoms with Gasteiger partial charge in [0.15, 0.2) is 0 Å². The Kier molecular flexibility index (Phi) is 54.8. The Balaban J connectivity index is -0.0000000797. The van der Waals surface area contributed by atoms with Crippen molar-refractivity contribution in [3.8, 4) is 0 Å². The predicted octanol–water partition coefficient (Wildman–Crippen LogP) is 4.02. The SMILES string of the molecule is CC.CC.CC.CCC(=O)N(C)C.CCNC(=O)CCOCCS. The van der Waals surface area contributed by atoms with Crippen molar-refractivity contribution < 1.29 is 14.3 Å². The van der Waals surface area contributed by atoms with Crippen LogP contribution in [0.1, 0.15) is 68.2 Å². The summed E-state index contributed by atoms with van der Waals surface area (Å²) < 4.78 is 5.06. The molecule has 6 heteroatoms. The van der Waals surface area contributed by atoms with E-state index < -0.39 is 0 Å². The molecule has 2 amide bonds. The van der Waals surface area contributed by atoms with Gasteiger partial charge in [-0.15, -0.1) is 0 Å². The van der Waals surface area contributed by atoms with Crippen molar-refractivity contribution in [3.63, 3.8) is 0 Å². The predicted molar refractivity (Wildman–Crippen MR) is 111 cm³/mol. The molecular formula is C18H44N2O3S. The van der Waals surface area contributed by atoms with Crippen molar-refractivity contribution in [3.05, 3.63) is 0 Å². The number of nitrogens with one attached hydrogen (secondary N) is 1. The van der Waals surface area contributed by atoms with Crippen molar-refractivity contribution in [1.82, 2.24) is 10.2 Å². The largest absolute Gasteiger partial charge is 0.380 e. The molecule has 0 aliphatic carbocycles. The van der Waals surface area contributed by atoms with Gasteiger partial charge in [-0.2, -0.15) is 12.6 Å². The van der Waals surface area contributed by atoms with Crippen molar-refractivity contribution >= 4 is 24.4 Å². The molecule has 0 aromatic rings. The number of thiol groups is 1. The number of nitrogens with zero attached hydrogens (tertiary/aromatic N) is 1. The lowest BCUT2D eigenvalue weighted by molar-refractivity contribution is -0.128. The molecule has 0 spiro atoms. The van der Waals surface area contributed by atoms with E-state index in [4.69, 9.17) is 4.74 Å². The van der Waals surface area contributed by atoms with E-state index in [2.05, 4.69) is 17.9 Å². The molecule has 0 bridgehead atoms. The fraction of sp³-hybridized carbons (Fsp3) is 0.889. The molecular weight excluding hydrogens is 324 g/mol. The van der Waals surface area contributed by atoms with Crippen LogP contribution in [-0.4, -0.2) is 56.3 Å². The first-order valence-corrected chi connectivity index (χ1v) is 9.78. The summed E-state index contributed by atoms with van der Waals surface area (Å²) >= 11 is 3.96. The molecule has 0 unspecified atom stereocenters. The Labute approximate surface area is 157 Å². The minimum Gasteiger partial charge on any atom is -0.380 e. The molecule has 0 fully saturated rings. The average Bonchev–Trinajstić information content (AvgIpc) is 2.64. The zero-order valence-corrected chi connectivity index (χ0v) is 18.8. The fourth-order valence-corrected chi connectivity index (χ4v) is 1.06. The van der Waals surface area contributed by atoms with E-state index in [0.717, 1.165) is 0 Å². The van der Waals surface area contributed by atoms with Gasteiger partial charge >= 0.3 is 0 Å². The maximum Gasteiger partial charge on any atom is 0.222 e. The van der Waals surface area contributed by atoms with Gasteiger partial charge in [0.1, 0.15) is 0 Å². The van der Waals surface area contributed by atoms with Crippen molar-refractivity contribution in [2.24, 2.45) is 0 Å². The van der Waals surface area contributed by atoms with Gasteiger partial charge in [-0.05, 0) is 6.92 Å². The lowest BCUT2D eigenvalue weighted by Crippen LogP contribution is -2.23. The standard InChI is InChI=1S/C7H15NO2S.C5H11NO.3C2H6/c1-2-8-7(9)3-4-10-5-6-11;1-4-5(7)6(2)3;3*1-2/h11H,2-6H2,1H3,(H,8,9);4H2,1-3H3;3*1-2H3. The fourth-order valence-electron chi connectivity index (χ4n) is 0.933. The molecule has 0 aliphatic heterocycles. The highest BCUT2D eigenvalue weighted by molar-refractivity contribution is 7.80. The minimum atomic E-state index is 0.0478. The number of ether oxygens (including phenoxy) is 1. The minimum absolute atomic E-state index is 0.0478. The van der Waals surface area contributed by atoms with Gasteiger partial charge in [0.25, 0.3) is 0 Å². The highest BCUT2D eigenvalue weighted by Crippen LogP contribution is 1.84. The summed E-state index contributed by atoms with van der Waals surface area (Å²) in [4.78, 5) is 22.8. The third-order valence-electron chi connectivity index (χ3n) is 1.88. The van der Waals surface area contributed by atoms with Crippen LogP contribution in [-0.2, 0) is 14.3 Å². The van der Waals surface area contributed by atoms with Crippen LogP contribution in [0.3, 0.4) is 0 Å². The van der Waals surface area contributed by atoms with E-state index in [9.17, 15) is 9.59 Å². The summed E-state index contributed by atoms with van der Waals surface area (Å²) in [5.41, 5.74) is 0. The lowest BCUT2D eigenvalue weighted by Gasteiger charge is -2.05. The van der Waals surface area contributed by atoms with Crippen LogP contribution >= 0.6 is 12.6 Å². The average molecular weight is 369 g/mol. The van der Waals surface area contributed by atoms with Crippen LogP contribution in [0.25, 0.3) is 0 Å². The normalized spacial score (nSPS) is 7.62. The molecule has 0 atom stereocenters. The molecule has 150 valence electrons. The van der Waals surface area contributed by atoms with E-state index >= 15 is 0 Å². The van der Waals surface area contributed by atoms with E-state index in [1.807, 2.05) is 55.4 Å². The number of carbonyl (C=O) groups excluding carboxylic acids is 2. The molecule has 0 heterocycles. The van der Waals surface area contributed by atoms with Gasteiger partial charge in [0.05, 0.1) is 13.2 Å². The van der Waals surface area contributed by atoms with Gasteiger partial charge in [-0.3, -0.25) is 9.59 Å². The van der Waals surface area contributed by atoms with E-state index in [-0.39, 0.29) is 11.8 Å². The summed E-state index contributed by atoms with van der Waals surface area (Å²) in [5, 5.41) is 2.68. The van der Waals surface area contributed by atoms with Crippen LogP contribution in [0.5, 0.6) is 0 Å². The Morgan fingerprint density at radius 2 is 1.42 bits per heavy atom. The van der Waals surface area contributed by atoms with Gasteiger partial charge in [-0.25, -0.2) is 0 Å². The Bertz CT molecular complexity index is 226. The molecule has 5 nitrogen and oxygen atoms in total. The first kappa shape index (κ1) is 34.6. The van der Waals surface area contributed by atoms with Crippen LogP contribution < -0.4 is 5.32 Å². The van der Waals surface area contributed by atoms with Crippen LogP contribution in [0, 0.1) is 0 Å². The molecule has 24 heavy (non-hydrogen) atoms.